The molecule has 1 rings (SSSR count). The van der Waals surface area contributed by atoms with Gasteiger partial charge in [0.05, 0.1) is 6.33 Å². The topological polar surface area (TPSA) is 99.2 Å². The Balaban J connectivity index is 2.76. The minimum Gasteiger partial charge on any atom is -0.384 e. The molecule has 0 fully saturated rings. The first-order valence-electron chi connectivity index (χ1n) is 5.14. The normalized spacial score (nSPS) is 13.8. The van der Waals surface area contributed by atoms with E-state index in [-0.39, 0.29) is 16.8 Å². The van der Waals surface area contributed by atoms with Gasteiger partial charge >= 0.3 is 0 Å². The molecule has 0 spiro atoms. The molecule has 0 saturated carbocycles. The molecule has 0 radical (unpaired) electrons. The van der Waals surface area contributed by atoms with Gasteiger partial charge in [0.1, 0.15) is 0 Å². The number of sulfonamides is 1. The average Bonchev–Trinajstić information content (AvgIpc) is 2.57. The number of nitrogens with zero attached hydrogens (tertiary/aromatic N) is 2. The number of rotatable bonds is 6. The summed E-state index contributed by atoms with van der Waals surface area (Å²) in [6, 6.07) is 0. The van der Waals surface area contributed by atoms with E-state index in [0.29, 0.717) is 13.2 Å². The molecule has 7 nitrogen and oxygen atoms in total. The van der Waals surface area contributed by atoms with E-state index in [1.54, 1.807) is 14.2 Å². The molecule has 0 aliphatic heterocycles. The number of nitrogen functional groups attached to an aromatic ring is 1. The molecule has 0 aromatic carbocycles. The van der Waals surface area contributed by atoms with Crippen molar-refractivity contribution in [2.45, 2.75) is 11.9 Å². The van der Waals surface area contributed by atoms with Gasteiger partial charge in [-0.2, -0.15) is 0 Å². The summed E-state index contributed by atoms with van der Waals surface area (Å²) < 4.78 is 32.7. The summed E-state index contributed by atoms with van der Waals surface area (Å²) in [6.07, 6.45) is 1.36. The number of nitrogens with two attached hydrogens (primary N) is 1. The van der Waals surface area contributed by atoms with Gasteiger partial charge in [0.25, 0.3) is 10.0 Å². The Morgan fingerprint density at radius 3 is 2.76 bits per heavy atom. The summed E-state index contributed by atoms with van der Waals surface area (Å²) in [4.78, 5) is 3.74. The molecule has 1 aromatic rings. The van der Waals surface area contributed by atoms with Crippen LogP contribution in [0.3, 0.4) is 0 Å². The largest absolute Gasteiger partial charge is 0.384 e. The van der Waals surface area contributed by atoms with E-state index in [9.17, 15) is 8.42 Å². The Kier molecular flexibility index (Phi) is 4.49. The van der Waals surface area contributed by atoms with Crippen LogP contribution < -0.4 is 10.5 Å². The van der Waals surface area contributed by atoms with Crippen molar-refractivity contribution in [2.24, 2.45) is 13.0 Å². The molecule has 1 unspecified atom stereocenters. The molecule has 0 bridgehead atoms. The van der Waals surface area contributed by atoms with E-state index < -0.39 is 10.0 Å². The van der Waals surface area contributed by atoms with Gasteiger partial charge in [0.2, 0.25) is 0 Å². The van der Waals surface area contributed by atoms with E-state index in [0.717, 1.165) is 0 Å². The number of hydrogen-bond acceptors (Lipinski definition) is 5. The van der Waals surface area contributed by atoms with Gasteiger partial charge in [-0.05, 0) is 5.92 Å². The van der Waals surface area contributed by atoms with Crippen LogP contribution in [0.2, 0.25) is 0 Å². The Morgan fingerprint density at radius 2 is 2.29 bits per heavy atom. The highest BCUT2D eigenvalue weighted by Crippen LogP contribution is 2.14. The Hall–Kier alpha value is -1.12. The van der Waals surface area contributed by atoms with Gasteiger partial charge < -0.3 is 15.0 Å². The summed E-state index contributed by atoms with van der Waals surface area (Å²) in [7, 11) is -0.468. The van der Waals surface area contributed by atoms with Crippen molar-refractivity contribution in [3.8, 4) is 0 Å². The second-order valence-corrected chi connectivity index (χ2v) is 5.64. The first-order chi connectivity index (χ1) is 7.88. The van der Waals surface area contributed by atoms with E-state index in [1.807, 2.05) is 6.92 Å². The number of imidazole rings is 1. The highest BCUT2D eigenvalue weighted by atomic mass is 32.2. The maximum atomic E-state index is 12.0. The molecule has 17 heavy (non-hydrogen) atoms. The molecule has 1 heterocycles. The first-order valence-corrected chi connectivity index (χ1v) is 6.62. The summed E-state index contributed by atoms with van der Waals surface area (Å²) in [5.41, 5.74) is 5.52. The number of aromatic nitrogens is 2. The van der Waals surface area contributed by atoms with Gasteiger partial charge in [-0.3, -0.25) is 0 Å². The molecule has 98 valence electrons. The fraction of sp³-hybridized carbons (Fsp3) is 0.667. The van der Waals surface area contributed by atoms with Crippen molar-refractivity contribution in [2.75, 3.05) is 26.0 Å². The molecular formula is C9H18N4O3S. The van der Waals surface area contributed by atoms with Crippen molar-refractivity contribution < 1.29 is 13.2 Å². The molecule has 0 saturated heterocycles. The second-order valence-electron chi connectivity index (χ2n) is 3.96. The highest BCUT2D eigenvalue weighted by Gasteiger charge is 2.22. The van der Waals surface area contributed by atoms with Crippen molar-refractivity contribution in [1.29, 1.82) is 0 Å². The van der Waals surface area contributed by atoms with Gasteiger partial charge in [-0.15, -0.1) is 0 Å². The maximum Gasteiger partial charge on any atom is 0.260 e. The maximum absolute atomic E-state index is 12.0. The molecule has 1 aromatic heterocycles. The standard InChI is InChI=1S/C9H18N4O3S/c1-7(5-16-3)4-12-17(14,15)9-8(10)11-6-13(9)2/h6-7,12H,4-5,10H2,1-3H3. The van der Waals surface area contributed by atoms with Gasteiger partial charge in [0, 0.05) is 27.3 Å². The van der Waals surface area contributed by atoms with Crippen molar-refractivity contribution >= 4 is 15.8 Å². The summed E-state index contributed by atoms with van der Waals surface area (Å²) in [5, 5.41) is -0.0119. The van der Waals surface area contributed by atoms with E-state index in [2.05, 4.69) is 9.71 Å². The third-order valence-electron chi connectivity index (χ3n) is 2.24. The number of methoxy groups -OCH3 is 1. The Bertz CT molecular complexity index is 449. The van der Waals surface area contributed by atoms with Crippen LogP contribution >= 0.6 is 0 Å². The Labute approximate surface area is 101 Å². The van der Waals surface area contributed by atoms with Gasteiger partial charge in [-0.25, -0.2) is 18.1 Å². The van der Waals surface area contributed by atoms with E-state index in [4.69, 9.17) is 10.5 Å². The van der Waals surface area contributed by atoms with Crippen molar-refractivity contribution in [1.82, 2.24) is 14.3 Å². The van der Waals surface area contributed by atoms with Crippen LogP contribution in [0.15, 0.2) is 11.4 Å². The smallest absolute Gasteiger partial charge is 0.260 e. The van der Waals surface area contributed by atoms with Crippen LogP contribution in [0, 0.1) is 5.92 Å². The number of aryl methyl sites for hydroxylation is 1. The molecular weight excluding hydrogens is 244 g/mol. The molecule has 0 aliphatic carbocycles. The lowest BCUT2D eigenvalue weighted by molar-refractivity contribution is 0.161. The third kappa shape index (κ3) is 3.42. The van der Waals surface area contributed by atoms with Gasteiger partial charge in [0.15, 0.2) is 10.8 Å². The van der Waals surface area contributed by atoms with Crippen molar-refractivity contribution in [3.63, 3.8) is 0 Å². The second kappa shape index (κ2) is 5.48. The fourth-order valence-electron chi connectivity index (χ4n) is 1.43. The molecule has 1 atom stereocenters. The summed E-state index contributed by atoms with van der Waals surface area (Å²) in [6.45, 7) is 2.67. The van der Waals surface area contributed by atoms with Crippen LogP contribution in [0.4, 0.5) is 5.82 Å². The van der Waals surface area contributed by atoms with Gasteiger partial charge in [-0.1, -0.05) is 6.92 Å². The Morgan fingerprint density at radius 1 is 1.65 bits per heavy atom. The van der Waals surface area contributed by atoms with Crippen LogP contribution in [-0.2, 0) is 21.8 Å². The molecule has 0 amide bonds. The SMILES string of the molecule is COCC(C)CNS(=O)(=O)c1c(N)ncn1C. The number of nitrogens with one attached hydrogen (secondary N) is 1. The number of ether oxygens (including phenoxy) is 1. The van der Waals surface area contributed by atoms with Crippen LogP contribution in [0.25, 0.3) is 0 Å². The minimum absolute atomic E-state index is 0.000561. The lowest BCUT2D eigenvalue weighted by Crippen LogP contribution is -2.31. The minimum atomic E-state index is -3.62. The zero-order valence-corrected chi connectivity index (χ0v) is 11.0. The zero-order valence-electron chi connectivity index (χ0n) is 10.2. The average molecular weight is 262 g/mol. The van der Waals surface area contributed by atoms with Crippen LogP contribution in [0.1, 0.15) is 6.92 Å². The predicted octanol–water partition coefficient (Wildman–Crippen LogP) is -0.437. The molecule has 0 aliphatic rings. The highest BCUT2D eigenvalue weighted by molar-refractivity contribution is 7.89. The van der Waals surface area contributed by atoms with Crippen LogP contribution in [-0.4, -0.2) is 38.2 Å². The van der Waals surface area contributed by atoms with Crippen molar-refractivity contribution in [3.05, 3.63) is 6.33 Å². The van der Waals surface area contributed by atoms with E-state index in [1.165, 1.54) is 10.9 Å². The monoisotopic (exact) mass is 262 g/mol. The van der Waals surface area contributed by atoms with Crippen LogP contribution in [0.5, 0.6) is 0 Å². The lowest BCUT2D eigenvalue weighted by atomic mass is 10.2. The number of hydrogen-bond donors (Lipinski definition) is 2. The zero-order chi connectivity index (χ0) is 13.1. The third-order valence-corrected chi connectivity index (χ3v) is 3.79. The fourth-order valence-corrected chi connectivity index (χ4v) is 2.82. The lowest BCUT2D eigenvalue weighted by Gasteiger charge is -2.12. The summed E-state index contributed by atoms with van der Waals surface area (Å²) in [5.74, 6) is 0.0867. The molecule has 3 N–H and O–H groups in total. The number of anilines is 1. The first kappa shape index (κ1) is 13.9. The molecule has 8 heteroatoms. The predicted molar refractivity (Wildman–Crippen MR) is 63.8 cm³/mol. The quantitative estimate of drug-likeness (QED) is 0.724. The van der Waals surface area contributed by atoms with E-state index >= 15 is 0 Å². The summed E-state index contributed by atoms with van der Waals surface area (Å²) >= 11 is 0.